The molecule has 0 saturated carbocycles. The van der Waals surface area contributed by atoms with Crippen molar-refractivity contribution in [3.63, 3.8) is 0 Å². The minimum absolute atomic E-state index is 0.0240. The second kappa shape index (κ2) is 7.16. The molecule has 3 aromatic rings. The van der Waals surface area contributed by atoms with Gasteiger partial charge in [0.15, 0.2) is 0 Å². The third kappa shape index (κ3) is 3.58. The zero-order valence-electron chi connectivity index (χ0n) is 16.3. The first-order chi connectivity index (χ1) is 13.8. The maximum Gasteiger partial charge on any atom is 0.250 e. The lowest BCUT2D eigenvalue weighted by atomic mass is 10.1. The van der Waals surface area contributed by atoms with Crippen LogP contribution < -0.4 is 10.9 Å². The fourth-order valence-corrected chi connectivity index (χ4v) is 5.45. The highest BCUT2D eigenvalue weighted by molar-refractivity contribution is 7.89. The van der Waals surface area contributed by atoms with Gasteiger partial charge in [-0.05, 0) is 37.1 Å². The van der Waals surface area contributed by atoms with Gasteiger partial charge >= 0.3 is 0 Å². The van der Waals surface area contributed by atoms with E-state index in [0.29, 0.717) is 25.0 Å². The molecule has 0 radical (unpaired) electrons. The molecule has 152 valence electrons. The van der Waals surface area contributed by atoms with Gasteiger partial charge in [0.1, 0.15) is 4.90 Å². The van der Waals surface area contributed by atoms with Crippen molar-refractivity contribution in [1.82, 2.24) is 19.1 Å². The molecule has 1 aliphatic rings. The molecular formula is C20H23N5O3S. The first-order valence-corrected chi connectivity index (χ1v) is 10.8. The van der Waals surface area contributed by atoms with Crippen molar-refractivity contribution in [2.24, 2.45) is 13.0 Å². The Morgan fingerprint density at radius 2 is 2.14 bits per heavy atom. The largest absolute Gasteiger partial charge is 0.358 e. The number of rotatable bonds is 5. The van der Waals surface area contributed by atoms with Crippen LogP contribution in [0.1, 0.15) is 12.0 Å². The Bertz CT molecular complexity index is 1260. The van der Waals surface area contributed by atoms with Gasteiger partial charge in [0.25, 0.3) is 0 Å². The number of nitrogens with one attached hydrogen (secondary N) is 2. The highest BCUT2D eigenvalue weighted by atomic mass is 32.2. The molecule has 8 nitrogen and oxygen atoms in total. The number of aromatic nitrogens is 3. The molecule has 4 rings (SSSR count). The Hall–Kier alpha value is -2.91. The summed E-state index contributed by atoms with van der Waals surface area (Å²) in [6, 6.07) is 6.76. The van der Waals surface area contributed by atoms with E-state index in [2.05, 4.69) is 22.1 Å². The van der Waals surface area contributed by atoms with Crippen LogP contribution in [0.15, 0.2) is 58.6 Å². The van der Waals surface area contributed by atoms with Crippen LogP contribution in [0.2, 0.25) is 0 Å². The van der Waals surface area contributed by atoms with Crippen LogP contribution in [0.25, 0.3) is 10.9 Å². The molecule has 1 aliphatic heterocycles. The first-order valence-electron chi connectivity index (χ1n) is 9.32. The van der Waals surface area contributed by atoms with Gasteiger partial charge in [-0.2, -0.15) is 9.40 Å². The summed E-state index contributed by atoms with van der Waals surface area (Å²) in [5.41, 5.74) is 2.78. The van der Waals surface area contributed by atoms with Gasteiger partial charge in [0.2, 0.25) is 15.6 Å². The van der Waals surface area contributed by atoms with Gasteiger partial charge in [-0.1, -0.05) is 6.58 Å². The molecule has 2 N–H and O–H groups in total. The van der Waals surface area contributed by atoms with E-state index in [1.807, 2.05) is 13.0 Å². The zero-order valence-corrected chi connectivity index (χ0v) is 17.2. The van der Waals surface area contributed by atoms with Crippen LogP contribution in [0, 0.1) is 12.8 Å². The molecule has 29 heavy (non-hydrogen) atoms. The lowest BCUT2D eigenvalue weighted by Crippen LogP contribution is -2.29. The van der Waals surface area contributed by atoms with Crippen LogP contribution in [0.4, 0.5) is 5.69 Å². The monoisotopic (exact) mass is 413 g/mol. The second-order valence-corrected chi connectivity index (χ2v) is 9.37. The van der Waals surface area contributed by atoms with Crippen LogP contribution in [0.5, 0.6) is 0 Å². The third-order valence-electron chi connectivity index (χ3n) is 5.31. The highest BCUT2D eigenvalue weighted by Gasteiger charge is 2.35. The molecule has 0 spiro atoms. The number of aryl methyl sites for hydroxylation is 2. The average Bonchev–Trinajstić information content (AvgIpc) is 3.33. The van der Waals surface area contributed by atoms with E-state index >= 15 is 0 Å². The zero-order chi connectivity index (χ0) is 20.8. The second-order valence-electron chi connectivity index (χ2n) is 7.46. The molecule has 2 aromatic heterocycles. The van der Waals surface area contributed by atoms with Crippen molar-refractivity contribution < 1.29 is 8.42 Å². The van der Waals surface area contributed by atoms with E-state index in [1.54, 1.807) is 31.6 Å². The number of aromatic amines is 1. The van der Waals surface area contributed by atoms with Gasteiger partial charge < -0.3 is 9.88 Å². The topological polar surface area (TPSA) is 100 Å². The van der Waals surface area contributed by atoms with Crippen LogP contribution in [-0.2, 0) is 17.1 Å². The number of fused-ring (bicyclic) bond motifs is 1. The third-order valence-corrected chi connectivity index (χ3v) is 7.20. The van der Waals surface area contributed by atoms with Gasteiger partial charge in [-0.25, -0.2) is 8.42 Å². The molecule has 3 heterocycles. The number of hydrogen-bond donors (Lipinski definition) is 2. The van der Waals surface area contributed by atoms with Gasteiger partial charge in [-0.15, -0.1) is 0 Å². The summed E-state index contributed by atoms with van der Waals surface area (Å²) in [7, 11) is -1.98. The van der Waals surface area contributed by atoms with Crippen LogP contribution in [-0.4, -0.2) is 40.6 Å². The number of pyridine rings is 1. The van der Waals surface area contributed by atoms with E-state index in [-0.39, 0.29) is 16.4 Å². The van der Waals surface area contributed by atoms with Crippen LogP contribution in [0.3, 0.4) is 0 Å². The number of nitrogens with zero attached hydrogens (tertiary/aromatic N) is 3. The number of H-pyrrole nitrogens is 1. The fraction of sp³-hybridized carbons (Fsp3) is 0.300. The predicted octanol–water partition coefficient (Wildman–Crippen LogP) is 2.21. The Kier molecular flexibility index (Phi) is 4.79. The molecule has 1 fully saturated rings. The summed E-state index contributed by atoms with van der Waals surface area (Å²) in [6.07, 6.45) is 4.00. The smallest absolute Gasteiger partial charge is 0.250 e. The van der Waals surface area contributed by atoms with E-state index < -0.39 is 10.0 Å². The van der Waals surface area contributed by atoms with Gasteiger partial charge in [-0.3, -0.25) is 9.89 Å². The van der Waals surface area contributed by atoms with E-state index in [9.17, 15) is 13.2 Å². The summed E-state index contributed by atoms with van der Waals surface area (Å²) < 4.78 is 29.6. The van der Waals surface area contributed by atoms with Gasteiger partial charge in [0.05, 0.1) is 17.4 Å². The standard InChI is InChI=1S/C20H23N5O3S/c1-13-8-16-10-21-23-20(16)18(9-13)29(27,28)25-7-6-15(11-25)14(2)22-17-4-5-19(26)24(3)12-17/h4-5,8-10,12,15,22H,2,6-7,11H2,1,3H3,(H,21,23). The van der Waals surface area contributed by atoms with Crippen molar-refractivity contribution in [2.75, 3.05) is 18.4 Å². The van der Waals surface area contributed by atoms with Crippen molar-refractivity contribution in [2.45, 2.75) is 18.2 Å². The maximum atomic E-state index is 13.3. The highest BCUT2D eigenvalue weighted by Crippen LogP contribution is 2.31. The van der Waals surface area contributed by atoms with Crippen molar-refractivity contribution in [3.8, 4) is 0 Å². The maximum absolute atomic E-state index is 13.3. The van der Waals surface area contributed by atoms with Crippen molar-refractivity contribution in [3.05, 3.63) is 64.9 Å². The molecule has 0 aliphatic carbocycles. The van der Waals surface area contributed by atoms with Crippen LogP contribution >= 0.6 is 0 Å². The Morgan fingerprint density at radius 3 is 2.90 bits per heavy atom. The summed E-state index contributed by atoms with van der Waals surface area (Å²) in [5, 5.41) is 10.8. The molecule has 0 amide bonds. The lowest BCUT2D eigenvalue weighted by molar-refractivity contribution is 0.468. The normalized spacial score (nSPS) is 17.7. The number of sulfonamides is 1. The predicted molar refractivity (Wildman–Crippen MR) is 112 cm³/mol. The molecule has 0 bridgehead atoms. The number of hydrogen-bond acceptors (Lipinski definition) is 5. The van der Waals surface area contributed by atoms with Gasteiger partial charge in [0, 0.05) is 49.4 Å². The summed E-state index contributed by atoms with van der Waals surface area (Å²) in [4.78, 5) is 11.8. The van der Waals surface area contributed by atoms with E-state index in [4.69, 9.17) is 0 Å². The minimum atomic E-state index is -3.66. The first kappa shape index (κ1) is 19.4. The van der Waals surface area contributed by atoms with Crippen molar-refractivity contribution >= 4 is 26.6 Å². The van der Waals surface area contributed by atoms with E-state index in [0.717, 1.165) is 22.3 Å². The molecular weight excluding hydrogens is 390 g/mol. The molecule has 1 saturated heterocycles. The SMILES string of the molecule is C=C(Nc1ccc(=O)n(C)c1)C1CCN(S(=O)(=O)c2cc(C)cc3cn[nH]c23)C1. The summed E-state index contributed by atoms with van der Waals surface area (Å²) >= 11 is 0. The number of anilines is 1. The van der Waals surface area contributed by atoms with E-state index in [1.165, 1.54) is 14.9 Å². The fourth-order valence-electron chi connectivity index (χ4n) is 3.70. The number of benzene rings is 1. The lowest BCUT2D eigenvalue weighted by Gasteiger charge is -2.19. The quantitative estimate of drug-likeness (QED) is 0.668. The summed E-state index contributed by atoms with van der Waals surface area (Å²) in [5.74, 6) is -0.0240. The Balaban J connectivity index is 1.54. The molecule has 9 heteroatoms. The molecule has 1 unspecified atom stereocenters. The average molecular weight is 414 g/mol. The molecule has 1 aromatic carbocycles. The molecule has 1 atom stereocenters. The minimum Gasteiger partial charge on any atom is -0.358 e. The summed E-state index contributed by atoms with van der Waals surface area (Å²) in [6.45, 7) is 6.74. The Labute approximate surface area is 168 Å². The Morgan fingerprint density at radius 1 is 1.34 bits per heavy atom. The van der Waals surface area contributed by atoms with Crippen molar-refractivity contribution in [1.29, 1.82) is 0 Å².